The van der Waals surface area contributed by atoms with E-state index in [4.69, 9.17) is 0 Å². The summed E-state index contributed by atoms with van der Waals surface area (Å²) in [7, 11) is 0. The summed E-state index contributed by atoms with van der Waals surface area (Å²) in [6.07, 6.45) is 3.77. The molecule has 0 saturated carbocycles. The Morgan fingerprint density at radius 3 is 2.60 bits per heavy atom. The Hall–Kier alpha value is 1.20. The van der Waals surface area contributed by atoms with Gasteiger partial charge in [0.25, 0.3) is 0 Å². The van der Waals surface area contributed by atoms with E-state index in [0.717, 1.165) is 15.8 Å². The van der Waals surface area contributed by atoms with Crippen LogP contribution >= 0.6 is 45.2 Å². The molecule has 0 nitrogen and oxygen atoms in total. The Bertz CT molecular complexity index is 151. The lowest BCUT2D eigenvalue weighted by molar-refractivity contribution is 0.463. The summed E-state index contributed by atoms with van der Waals surface area (Å²) in [5, 5.41) is 0. The van der Waals surface area contributed by atoms with Gasteiger partial charge >= 0.3 is 0 Å². The van der Waals surface area contributed by atoms with Crippen LogP contribution in [-0.4, -0.2) is 3.92 Å². The molecule has 3 atom stereocenters. The van der Waals surface area contributed by atoms with Crippen LogP contribution in [0.1, 0.15) is 20.3 Å². The van der Waals surface area contributed by atoms with Crippen molar-refractivity contribution in [1.29, 1.82) is 0 Å². The molecule has 0 N–H and O–H groups in total. The SMILES string of the molecule is CC1CC(C)C(I)C=C1I. The van der Waals surface area contributed by atoms with Gasteiger partial charge in [0.2, 0.25) is 0 Å². The molecule has 1 aliphatic carbocycles. The molecule has 0 bridgehead atoms. The van der Waals surface area contributed by atoms with E-state index in [1.165, 1.54) is 6.42 Å². The van der Waals surface area contributed by atoms with Gasteiger partial charge in [-0.15, -0.1) is 0 Å². The van der Waals surface area contributed by atoms with Gasteiger partial charge in [0.05, 0.1) is 0 Å². The lowest BCUT2D eigenvalue weighted by atomic mass is 9.89. The van der Waals surface area contributed by atoms with E-state index in [1.807, 2.05) is 0 Å². The Labute approximate surface area is 90.1 Å². The molecule has 0 amide bonds. The van der Waals surface area contributed by atoms with Crippen LogP contribution in [0.15, 0.2) is 9.66 Å². The van der Waals surface area contributed by atoms with Gasteiger partial charge in [-0.1, -0.05) is 42.5 Å². The third-order valence-corrected chi connectivity index (χ3v) is 5.07. The largest absolute Gasteiger partial charge is 0.0777 e. The van der Waals surface area contributed by atoms with Crippen LogP contribution in [0.2, 0.25) is 0 Å². The van der Waals surface area contributed by atoms with Crippen molar-refractivity contribution in [2.45, 2.75) is 24.2 Å². The predicted molar refractivity (Wildman–Crippen MR) is 62.9 cm³/mol. The molecule has 58 valence electrons. The highest BCUT2D eigenvalue weighted by atomic mass is 127. The van der Waals surface area contributed by atoms with Gasteiger partial charge < -0.3 is 0 Å². The average Bonchev–Trinajstić information content (AvgIpc) is 1.84. The van der Waals surface area contributed by atoms with E-state index in [-0.39, 0.29) is 0 Å². The molecule has 0 aliphatic heterocycles. The molecule has 1 aliphatic rings. The van der Waals surface area contributed by atoms with Crippen LogP contribution in [0.3, 0.4) is 0 Å². The van der Waals surface area contributed by atoms with Crippen LogP contribution < -0.4 is 0 Å². The van der Waals surface area contributed by atoms with Gasteiger partial charge in [0.15, 0.2) is 0 Å². The molecule has 10 heavy (non-hydrogen) atoms. The van der Waals surface area contributed by atoms with Crippen LogP contribution in [0.25, 0.3) is 0 Å². The van der Waals surface area contributed by atoms with Gasteiger partial charge in [0.1, 0.15) is 0 Å². The molecule has 0 fully saturated rings. The molecule has 0 aromatic carbocycles. The van der Waals surface area contributed by atoms with Gasteiger partial charge in [-0.2, -0.15) is 0 Å². The van der Waals surface area contributed by atoms with E-state index in [1.54, 1.807) is 3.58 Å². The first-order valence-electron chi connectivity index (χ1n) is 3.62. The summed E-state index contributed by atoms with van der Waals surface area (Å²) in [6.45, 7) is 4.66. The van der Waals surface area contributed by atoms with Gasteiger partial charge in [-0.05, 0) is 44.4 Å². The van der Waals surface area contributed by atoms with Crippen molar-refractivity contribution in [3.8, 4) is 0 Å². The minimum Gasteiger partial charge on any atom is -0.0777 e. The molecule has 0 radical (unpaired) electrons. The zero-order chi connectivity index (χ0) is 7.72. The zero-order valence-electron chi connectivity index (χ0n) is 6.27. The molecular formula is C8H12I2. The van der Waals surface area contributed by atoms with Gasteiger partial charge in [-0.3, -0.25) is 0 Å². The second kappa shape index (κ2) is 3.74. The lowest BCUT2D eigenvalue weighted by Gasteiger charge is -2.26. The highest BCUT2D eigenvalue weighted by Crippen LogP contribution is 2.35. The van der Waals surface area contributed by atoms with E-state index >= 15 is 0 Å². The van der Waals surface area contributed by atoms with E-state index in [0.29, 0.717) is 0 Å². The van der Waals surface area contributed by atoms with Crippen molar-refractivity contribution in [3.63, 3.8) is 0 Å². The minimum atomic E-state index is 0.765. The summed E-state index contributed by atoms with van der Waals surface area (Å²) >= 11 is 4.99. The molecule has 1 rings (SSSR count). The first kappa shape index (κ1) is 9.29. The number of rotatable bonds is 0. The maximum atomic E-state index is 2.53. The molecule has 0 heterocycles. The minimum absolute atomic E-state index is 0.765. The lowest BCUT2D eigenvalue weighted by Crippen LogP contribution is -2.17. The Balaban J connectivity index is 2.69. The highest BCUT2D eigenvalue weighted by Gasteiger charge is 2.22. The molecule has 3 unspecified atom stereocenters. The van der Waals surface area contributed by atoms with Crippen LogP contribution in [0.5, 0.6) is 0 Å². The monoisotopic (exact) mass is 362 g/mol. The van der Waals surface area contributed by atoms with Crippen molar-refractivity contribution in [2.24, 2.45) is 11.8 Å². The second-order valence-corrected chi connectivity index (χ2v) is 5.79. The number of alkyl halides is 1. The fourth-order valence-electron chi connectivity index (χ4n) is 1.28. The Morgan fingerprint density at radius 2 is 2.10 bits per heavy atom. The standard InChI is InChI=1S/C8H12I2/c1-5-3-6(2)8(10)4-7(5)9/h4-7H,3H2,1-2H3. The number of halogens is 2. The number of allylic oxidation sites excluding steroid dienone is 2. The summed E-state index contributed by atoms with van der Waals surface area (Å²) in [4.78, 5) is 0. The Kier molecular flexibility index (Phi) is 3.47. The summed E-state index contributed by atoms with van der Waals surface area (Å²) in [5.41, 5.74) is 0. The second-order valence-electron chi connectivity index (χ2n) is 3.11. The summed E-state index contributed by atoms with van der Waals surface area (Å²) < 4.78 is 2.32. The van der Waals surface area contributed by atoms with Crippen molar-refractivity contribution < 1.29 is 0 Å². The quantitative estimate of drug-likeness (QED) is 0.455. The Morgan fingerprint density at radius 1 is 1.50 bits per heavy atom. The highest BCUT2D eigenvalue weighted by molar-refractivity contribution is 14.1. The van der Waals surface area contributed by atoms with Crippen molar-refractivity contribution in [2.75, 3.05) is 0 Å². The van der Waals surface area contributed by atoms with Gasteiger partial charge in [0, 0.05) is 3.92 Å². The maximum absolute atomic E-state index is 2.53. The van der Waals surface area contributed by atoms with Crippen LogP contribution in [-0.2, 0) is 0 Å². The van der Waals surface area contributed by atoms with E-state index in [9.17, 15) is 0 Å². The first-order valence-corrected chi connectivity index (χ1v) is 5.95. The van der Waals surface area contributed by atoms with Crippen molar-refractivity contribution in [1.82, 2.24) is 0 Å². The molecule has 0 spiro atoms. The molecule has 0 aromatic heterocycles. The maximum Gasteiger partial charge on any atom is 0.0325 e. The van der Waals surface area contributed by atoms with Crippen LogP contribution in [0, 0.1) is 11.8 Å². The first-order chi connectivity index (χ1) is 4.61. The normalized spacial score (nSPS) is 41.2. The van der Waals surface area contributed by atoms with E-state index < -0.39 is 0 Å². The zero-order valence-corrected chi connectivity index (χ0v) is 10.6. The predicted octanol–water partition coefficient (Wildman–Crippen LogP) is 3.78. The van der Waals surface area contributed by atoms with E-state index in [2.05, 4.69) is 65.1 Å². The fraction of sp³-hybridized carbons (Fsp3) is 0.750. The van der Waals surface area contributed by atoms with Crippen molar-refractivity contribution >= 4 is 45.2 Å². The molecular weight excluding hydrogens is 350 g/mol. The summed E-state index contributed by atoms with van der Waals surface area (Å²) in [6, 6.07) is 0. The smallest absolute Gasteiger partial charge is 0.0325 e. The average molecular weight is 362 g/mol. The fourth-order valence-corrected chi connectivity index (χ4v) is 3.29. The van der Waals surface area contributed by atoms with Crippen molar-refractivity contribution in [3.05, 3.63) is 9.66 Å². The molecule has 0 aromatic rings. The summed E-state index contributed by atoms with van der Waals surface area (Å²) in [5.74, 6) is 1.68. The third-order valence-electron chi connectivity index (χ3n) is 2.06. The number of hydrogen-bond donors (Lipinski definition) is 0. The number of hydrogen-bond acceptors (Lipinski definition) is 0. The third kappa shape index (κ3) is 2.09. The topological polar surface area (TPSA) is 0 Å². The van der Waals surface area contributed by atoms with Crippen LogP contribution in [0.4, 0.5) is 0 Å². The molecule has 2 heteroatoms. The van der Waals surface area contributed by atoms with Gasteiger partial charge in [-0.25, -0.2) is 0 Å². The molecule has 0 saturated heterocycles.